The zero-order valence-corrected chi connectivity index (χ0v) is 15.0. The molecular weight excluding hydrogens is 347 g/mol. The van der Waals surface area contributed by atoms with Crippen LogP contribution in [0, 0.1) is 6.92 Å². The van der Waals surface area contributed by atoms with Crippen LogP contribution in [0.5, 0.6) is 11.5 Å². The molecule has 0 saturated carbocycles. The highest BCUT2D eigenvalue weighted by Gasteiger charge is 2.41. The minimum absolute atomic E-state index is 0.0255. The number of carbonyl (C=O) groups excluding carboxylic acids is 1. The summed E-state index contributed by atoms with van der Waals surface area (Å²) in [7, 11) is 2.43. The molecule has 0 spiro atoms. The zero-order chi connectivity index (χ0) is 19.5. The van der Waals surface area contributed by atoms with Crippen LogP contribution in [0.3, 0.4) is 0 Å². The van der Waals surface area contributed by atoms with Crippen LogP contribution in [0.1, 0.15) is 34.0 Å². The molecule has 1 N–H and O–H groups in total. The van der Waals surface area contributed by atoms with E-state index < -0.39 is 23.4 Å². The predicted octanol–water partition coefficient (Wildman–Crippen LogP) is 4.85. The van der Waals surface area contributed by atoms with Crippen LogP contribution in [-0.4, -0.2) is 20.1 Å². The van der Waals surface area contributed by atoms with E-state index >= 15 is 0 Å². The first-order valence-corrected chi connectivity index (χ1v) is 7.97. The third-order valence-electron chi connectivity index (χ3n) is 4.10. The SMILES string of the molecule is CCc1c(C)c(NC(=O)c2ccccc2)c(C(F)(F)F)c(OC)c1OC. The number of methoxy groups -OCH3 is 2. The Morgan fingerprint density at radius 1 is 1.08 bits per heavy atom. The topological polar surface area (TPSA) is 47.6 Å². The number of amides is 1. The van der Waals surface area contributed by atoms with Crippen LogP contribution in [0.4, 0.5) is 18.9 Å². The van der Waals surface area contributed by atoms with E-state index in [2.05, 4.69) is 5.32 Å². The molecule has 2 aromatic carbocycles. The lowest BCUT2D eigenvalue weighted by Crippen LogP contribution is -2.20. The van der Waals surface area contributed by atoms with E-state index in [-0.39, 0.29) is 17.0 Å². The lowest BCUT2D eigenvalue weighted by atomic mass is 9.96. The Morgan fingerprint density at radius 3 is 2.12 bits per heavy atom. The number of ether oxygens (including phenoxy) is 2. The zero-order valence-electron chi connectivity index (χ0n) is 15.0. The van der Waals surface area contributed by atoms with Crippen molar-refractivity contribution in [1.29, 1.82) is 0 Å². The van der Waals surface area contributed by atoms with Gasteiger partial charge in [-0.15, -0.1) is 0 Å². The molecule has 2 rings (SSSR count). The van der Waals surface area contributed by atoms with Crippen molar-refractivity contribution in [2.24, 2.45) is 0 Å². The van der Waals surface area contributed by atoms with Crippen LogP contribution in [0.15, 0.2) is 30.3 Å². The van der Waals surface area contributed by atoms with Crippen molar-refractivity contribution in [3.63, 3.8) is 0 Å². The van der Waals surface area contributed by atoms with E-state index in [4.69, 9.17) is 9.47 Å². The van der Waals surface area contributed by atoms with Crippen LogP contribution in [-0.2, 0) is 12.6 Å². The molecule has 4 nitrogen and oxygen atoms in total. The number of rotatable bonds is 5. The number of nitrogens with one attached hydrogen (secondary N) is 1. The fourth-order valence-electron chi connectivity index (χ4n) is 2.91. The molecular formula is C19H20F3NO3. The average molecular weight is 367 g/mol. The number of hydrogen-bond acceptors (Lipinski definition) is 3. The van der Waals surface area contributed by atoms with Gasteiger partial charge in [-0.3, -0.25) is 4.79 Å². The molecule has 0 heterocycles. The maximum Gasteiger partial charge on any atom is 0.422 e. The molecule has 0 radical (unpaired) electrons. The van der Waals surface area contributed by atoms with Gasteiger partial charge < -0.3 is 14.8 Å². The first-order valence-electron chi connectivity index (χ1n) is 7.97. The fraction of sp³-hybridized carbons (Fsp3) is 0.316. The molecule has 1 amide bonds. The van der Waals surface area contributed by atoms with Crippen molar-refractivity contribution in [2.45, 2.75) is 26.4 Å². The summed E-state index contributed by atoms with van der Waals surface area (Å²) in [5, 5.41) is 2.41. The Bertz CT molecular complexity index is 802. The summed E-state index contributed by atoms with van der Waals surface area (Å²) in [5.41, 5.74) is -0.285. The van der Waals surface area contributed by atoms with Crippen LogP contribution in [0.2, 0.25) is 0 Å². The molecule has 0 aromatic heterocycles. The number of anilines is 1. The van der Waals surface area contributed by atoms with E-state index in [0.717, 1.165) is 7.11 Å². The lowest BCUT2D eigenvalue weighted by molar-refractivity contribution is -0.138. The quantitative estimate of drug-likeness (QED) is 0.822. The summed E-state index contributed by atoms with van der Waals surface area (Å²) in [6.45, 7) is 3.32. The van der Waals surface area contributed by atoms with E-state index in [1.807, 2.05) is 0 Å². The monoisotopic (exact) mass is 367 g/mol. The van der Waals surface area contributed by atoms with Crippen molar-refractivity contribution in [3.05, 3.63) is 52.6 Å². The van der Waals surface area contributed by atoms with Crippen LogP contribution < -0.4 is 14.8 Å². The van der Waals surface area contributed by atoms with E-state index in [1.54, 1.807) is 25.1 Å². The first-order chi connectivity index (χ1) is 12.3. The Morgan fingerprint density at radius 2 is 1.65 bits per heavy atom. The molecule has 26 heavy (non-hydrogen) atoms. The molecule has 0 aliphatic heterocycles. The van der Waals surface area contributed by atoms with Gasteiger partial charge in [-0.25, -0.2) is 0 Å². The predicted molar refractivity (Wildman–Crippen MR) is 93.1 cm³/mol. The average Bonchev–Trinajstić information content (AvgIpc) is 2.62. The summed E-state index contributed by atoms with van der Waals surface area (Å²) in [5.74, 6) is -1.04. The molecule has 0 saturated heterocycles. The highest BCUT2D eigenvalue weighted by molar-refractivity contribution is 6.05. The van der Waals surface area contributed by atoms with E-state index in [1.165, 1.54) is 26.2 Å². The smallest absolute Gasteiger partial charge is 0.422 e. The molecule has 0 aliphatic carbocycles. The fourth-order valence-corrected chi connectivity index (χ4v) is 2.91. The van der Waals surface area contributed by atoms with Gasteiger partial charge in [-0.1, -0.05) is 25.1 Å². The number of carbonyl (C=O) groups is 1. The Balaban J connectivity index is 2.72. The van der Waals surface area contributed by atoms with Crippen molar-refractivity contribution in [2.75, 3.05) is 19.5 Å². The highest BCUT2D eigenvalue weighted by atomic mass is 19.4. The molecule has 0 bridgehead atoms. The number of alkyl halides is 3. The summed E-state index contributed by atoms with van der Waals surface area (Å²) >= 11 is 0. The van der Waals surface area contributed by atoms with Gasteiger partial charge in [0.2, 0.25) is 0 Å². The lowest BCUT2D eigenvalue weighted by Gasteiger charge is -2.24. The van der Waals surface area contributed by atoms with Crippen molar-refractivity contribution in [3.8, 4) is 11.5 Å². The minimum Gasteiger partial charge on any atom is -0.493 e. The Labute approximate surface area is 149 Å². The number of hydrogen-bond donors (Lipinski definition) is 1. The molecule has 0 unspecified atom stereocenters. The summed E-state index contributed by atoms with van der Waals surface area (Å²) < 4.78 is 51.6. The second-order valence-electron chi connectivity index (χ2n) is 5.59. The number of halogens is 3. The molecule has 2 aromatic rings. The van der Waals surface area contributed by atoms with Crippen molar-refractivity contribution >= 4 is 11.6 Å². The minimum atomic E-state index is -4.74. The van der Waals surface area contributed by atoms with Gasteiger partial charge in [0.05, 0.1) is 19.9 Å². The van der Waals surface area contributed by atoms with Gasteiger partial charge in [0.1, 0.15) is 5.56 Å². The van der Waals surface area contributed by atoms with E-state index in [9.17, 15) is 18.0 Å². The highest BCUT2D eigenvalue weighted by Crippen LogP contribution is 2.50. The molecule has 0 aliphatic rings. The molecule has 0 atom stereocenters. The van der Waals surface area contributed by atoms with Gasteiger partial charge in [0, 0.05) is 11.1 Å². The van der Waals surface area contributed by atoms with E-state index in [0.29, 0.717) is 17.5 Å². The largest absolute Gasteiger partial charge is 0.493 e. The van der Waals surface area contributed by atoms with Gasteiger partial charge in [-0.2, -0.15) is 13.2 Å². The molecule has 7 heteroatoms. The first kappa shape index (κ1) is 19.6. The molecule has 0 fully saturated rings. The van der Waals surface area contributed by atoms with Gasteiger partial charge in [-0.05, 0) is 31.0 Å². The molecule has 140 valence electrons. The number of benzene rings is 2. The van der Waals surface area contributed by atoms with Crippen LogP contribution in [0.25, 0.3) is 0 Å². The summed E-state index contributed by atoms with van der Waals surface area (Å²) in [6, 6.07) is 8.05. The maximum absolute atomic E-state index is 13.8. The second-order valence-corrected chi connectivity index (χ2v) is 5.59. The third-order valence-corrected chi connectivity index (χ3v) is 4.10. The summed E-state index contributed by atoms with van der Waals surface area (Å²) in [4.78, 5) is 12.4. The van der Waals surface area contributed by atoms with Gasteiger partial charge in [0.25, 0.3) is 5.91 Å². The summed E-state index contributed by atoms with van der Waals surface area (Å²) in [6.07, 6.45) is -4.33. The van der Waals surface area contributed by atoms with Gasteiger partial charge in [0.15, 0.2) is 11.5 Å². The maximum atomic E-state index is 13.8. The van der Waals surface area contributed by atoms with Crippen molar-refractivity contribution in [1.82, 2.24) is 0 Å². The third kappa shape index (κ3) is 3.61. The Hall–Kier alpha value is -2.70. The second kappa shape index (κ2) is 7.68. The standard InChI is InChI=1S/C19H20F3NO3/c1-5-13-11(2)15(23-18(24)12-9-7-6-8-10-12)14(19(20,21)22)17(26-4)16(13)25-3/h6-10H,5H2,1-4H3,(H,23,24). The Kier molecular flexibility index (Phi) is 5.79. The normalized spacial score (nSPS) is 11.2. The van der Waals surface area contributed by atoms with Crippen LogP contribution >= 0.6 is 0 Å². The van der Waals surface area contributed by atoms with Crippen molar-refractivity contribution < 1.29 is 27.4 Å². The van der Waals surface area contributed by atoms with Gasteiger partial charge >= 0.3 is 6.18 Å².